The topological polar surface area (TPSA) is 112 Å². The lowest BCUT2D eigenvalue weighted by atomic mass is 9.85. The van der Waals surface area contributed by atoms with Gasteiger partial charge in [-0.05, 0) is 61.2 Å². The maximum absolute atomic E-state index is 14.3. The number of fused-ring (bicyclic) bond motifs is 4. The third kappa shape index (κ3) is 2.73. The van der Waals surface area contributed by atoms with Crippen LogP contribution in [-0.4, -0.2) is 33.3 Å². The fourth-order valence-corrected chi connectivity index (χ4v) is 5.01. The molecule has 1 aliphatic rings. The molecule has 6 rings (SSSR count). The molecule has 0 radical (unpaired) electrons. The number of nitrogen functional groups attached to an aromatic ring is 1. The zero-order valence-electron chi connectivity index (χ0n) is 17.2. The molecule has 1 fully saturated rings. The van der Waals surface area contributed by atoms with E-state index in [9.17, 15) is 9.18 Å². The number of aromatic amines is 2. The summed E-state index contributed by atoms with van der Waals surface area (Å²) in [6.07, 6.45) is 5.33. The molecule has 0 aliphatic carbocycles. The first-order valence-corrected chi connectivity index (χ1v) is 10.7. The number of piperidine rings is 1. The number of aromatic nitrogens is 4. The summed E-state index contributed by atoms with van der Waals surface area (Å²) in [6.45, 7) is 1.91. The van der Waals surface area contributed by atoms with Crippen LogP contribution in [0.2, 0.25) is 0 Å². The fourth-order valence-electron chi connectivity index (χ4n) is 5.01. The van der Waals surface area contributed by atoms with Gasteiger partial charge in [-0.3, -0.25) is 14.9 Å². The van der Waals surface area contributed by atoms with Crippen molar-refractivity contribution in [2.45, 2.75) is 18.8 Å². The Bertz CT molecular complexity index is 1560. The van der Waals surface area contributed by atoms with E-state index in [4.69, 9.17) is 5.73 Å². The van der Waals surface area contributed by atoms with Crippen molar-refractivity contribution in [1.82, 2.24) is 25.5 Å². The minimum Gasteiger partial charge on any atom is -0.394 e. The van der Waals surface area contributed by atoms with Crippen LogP contribution in [0.25, 0.3) is 43.8 Å². The van der Waals surface area contributed by atoms with Crippen molar-refractivity contribution in [3.63, 3.8) is 0 Å². The summed E-state index contributed by atoms with van der Waals surface area (Å²) in [6, 6.07) is 9.13. The van der Waals surface area contributed by atoms with Gasteiger partial charge in [-0.15, -0.1) is 0 Å². The van der Waals surface area contributed by atoms with Crippen LogP contribution in [0.15, 0.2) is 47.5 Å². The summed E-state index contributed by atoms with van der Waals surface area (Å²) in [4.78, 5) is 20.5. The van der Waals surface area contributed by atoms with E-state index in [2.05, 4.69) is 37.6 Å². The summed E-state index contributed by atoms with van der Waals surface area (Å²) >= 11 is 0. The molecule has 3 aromatic heterocycles. The van der Waals surface area contributed by atoms with E-state index in [1.165, 1.54) is 11.6 Å². The molecule has 0 spiro atoms. The van der Waals surface area contributed by atoms with Crippen LogP contribution in [0, 0.1) is 5.82 Å². The van der Waals surface area contributed by atoms with Crippen molar-refractivity contribution in [3.05, 3.63) is 64.5 Å². The molecule has 32 heavy (non-hydrogen) atoms. The summed E-state index contributed by atoms with van der Waals surface area (Å²) in [5.74, 6) is -0.0352. The highest BCUT2D eigenvalue weighted by Crippen LogP contribution is 2.41. The largest absolute Gasteiger partial charge is 0.394 e. The molecule has 7 nitrogen and oxygen atoms in total. The van der Waals surface area contributed by atoms with Crippen molar-refractivity contribution < 1.29 is 4.39 Å². The van der Waals surface area contributed by atoms with Gasteiger partial charge in [0.2, 0.25) is 0 Å². The molecule has 160 valence electrons. The first kappa shape index (κ1) is 18.9. The van der Waals surface area contributed by atoms with Crippen LogP contribution in [0.4, 0.5) is 10.1 Å². The molecule has 5 N–H and O–H groups in total. The minimum absolute atomic E-state index is 0.0955. The van der Waals surface area contributed by atoms with Crippen LogP contribution in [0.5, 0.6) is 0 Å². The number of anilines is 1. The van der Waals surface area contributed by atoms with Crippen LogP contribution >= 0.6 is 0 Å². The molecule has 0 saturated carbocycles. The van der Waals surface area contributed by atoms with E-state index in [-0.39, 0.29) is 11.2 Å². The molecule has 5 aromatic rings. The SMILES string of the molecule is Nc1c(-c2ccc(F)c3[nH]ncc23)c2cc(C3CCNCC3)c3cccnc3c2[nH]c1=O. The van der Waals surface area contributed by atoms with Gasteiger partial charge in [-0.1, -0.05) is 12.1 Å². The number of nitrogens with zero attached hydrogens (tertiary/aromatic N) is 2. The molecular formula is C24H21FN6O. The average Bonchev–Trinajstić information content (AvgIpc) is 3.32. The lowest BCUT2D eigenvalue weighted by Crippen LogP contribution is -2.26. The third-order valence-electron chi connectivity index (χ3n) is 6.56. The van der Waals surface area contributed by atoms with E-state index in [1.807, 2.05) is 6.07 Å². The van der Waals surface area contributed by atoms with E-state index < -0.39 is 11.4 Å². The standard InChI is InChI=1S/C24H21FN6O/c25-18-4-3-13(17-11-29-31-21(17)18)19-16-10-15(12-5-8-27-9-6-12)14-2-1-7-28-22(14)23(16)30-24(32)20(19)26/h1-4,7,10-12,27H,5-6,8-9,26H2,(H,29,31)(H,30,32). The van der Waals surface area contributed by atoms with Crippen molar-refractivity contribution in [2.24, 2.45) is 0 Å². The second-order valence-electron chi connectivity index (χ2n) is 8.31. The Kier molecular flexibility index (Phi) is 4.22. The van der Waals surface area contributed by atoms with Gasteiger partial charge >= 0.3 is 0 Å². The van der Waals surface area contributed by atoms with Crippen molar-refractivity contribution >= 4 is 38.4 Å². The predicted octanol–water partition coefficient (Wildman–Crippen LogP) is 3.81. The predicted molar refractivity (Wildman–Crippen MR) is 124 cm³/mol. The Morgan fingerprint density at radius 3 is 2.75 bits per heavy atom. The Morgan fingerprint density at radius 1 is 1.06 bits per heavy atom. The number of nitrogens with two attached hydrogens (primary N) is 1. The first-order valence-electron chi connectivity index (χ1n) is 10.7. The third-order valence-corrected chi connectivity index (χ3v) is 6.56. The zero-order chi connectivity index (χ0) is 21.8. The molecule has 0 atom stereocenters. The highest BCUT2D eigenvalue weighted by atomic mass is 19.1. The lowest BCUT2D eigenvalue weighted by molar-refractivity contribution is 0.462. The molecule has 1 aliphatic heterocycles. The van der Waals surface area contributed by atoms with E-state index in [1.54, 1.807) is 18.5 Å². The van der Waals surface area contributed by atoms with Gasteiger partial charge in [0, 0.05) is 27.9 Å². The van der Waals surface area contributed by atoms with Crippen LogP contribution < -0.4 is 16.6 Å². The van der Waals surface area contributed by atoms with Crippen LogP contribution in [0.1, 0.15) is 24.3 Å². The van der Waals surface area contributed by atoms with Crippen LogP contribution in [-0.2, 0) is 0 Å². The number of hydrogen-bond donors (Lipinski definition) is 4. The second-order valence-corrected chi connectivity index (χ2v) is 8.31. The number of hydrogen-bond acceptors (Lipinski definition) is 5. The average molecular weight is 428 g/mol. The summed E-state index contributed by atoms with van der Waals surface area (Å²) < 4.78 is 14.3. The number of nitrogens with one attached hydrogen (secondary N) is 3. The summed E-state index contributed by atoms with van der Waals surface area (Å²) in [5, 5.41) is 12.5. The monoisotopic (exact) mass is 428 g/mol. The van der Waals surface area contributed by atoms with Crippen LogP contribution in [0.3, 0.4) is 0 Å². The lowest BCUT2D eigenvalue weighted by Gasteiger charge is -2.25. The van der Waals surface area contributed by atoms with Crippen molar-refractivity contribution in [3.8, 4) is 11.1 Å². The highest BCUT2D eigenvalue weighted by Gasteiger charge is 2.23. The zero-order valence-corrected chi connectivity index (χ0v) is 17.2. The quantitative estimate of drug-likeness (QED) is 0.320. The number of rotatable bonds is 2. The smallest absolute Gasteiger partial charge is 0.272 e. The summed E-state index contributed by atoms with van der Waals surface area (Å²) in [5.41, 5.74) is 10.1. The first-order chi connectivity index (χ1) is 15.6. The molecular weight excluding hydrogens is 407 g/mol. The van der Waals surface area contributed by atoms with Gasteiger partial charge in [0.1, 0.15) is 17.0 Å². The van der Waals surface area contributed by atoms with Gasteiger partial charge in [-0.25, -0.2) is 4.39 Å². The van der Waals surface area contributed by atoms with Crippen molar-refractivity contribution in [1.29, 1.82) is 0 Å². The number of benzene rings is 2. The molecule has 0 amide bonds. The van der Waals surface area contributed by atoms with Gasteiger partial charge in [0.25, 0.3) is 5.56 Å². The summed E-state index contributed by atoms with van der Waals surface area (Å²) in [7, 11) is 0. The van der Waals surface area contributed by atoms with Gasteiger partial charge in [0.05, 0.1) is 17.2 Å². The molecule has 0 unspecified atom stereocenters. The van der Waals surface area contributed by atoms with E-state index >= 15 is 0 Å². The minimum atomic E-state index is -0.406. The highest BCUT2D eigenvalue weighted by molar-refractivity contribution is 6.14. The second kappa shape index (κ2) is 7.13. The molecule has 8 heteroatoms. The number of H-pyrrole nitrogens is 2. The number of pyridine rings is 2. The van der Waals surface area contributed by atoms with Crippen molar-refractivity contribution in [2.75, 3.05) is 18.8 Å². The van der Waals surface area contributed by atoms with Gasteiger partial charge in [-0.2, -0.15) is 5.10 Å². The fraction of sp³-hybridized carbons (Fsp3) is 0.208. The molecule has 4 heterocycles. The number of halogens is 1. The molecule has 2 aromatic carbocycles. The Balaban J connectivity index is 1.77. The van der Waals surface area contributed by atoms with Gasteiger partial charge in [0.15, 0.2) is 0 Å². The Hall–Kier alpha value is -3.78. The van der Waals surface area contributed by atoms with E-state index in [0.717, 1.165) is 42.2 Å². The van der Waals surface area contributed by atoms with E-state index in [0.29, 0.717) is 27.9 Å². The normalized spacial score (nSPS) is 15.2. The maximum atomic E-state index is 14.3. The Morgan fingerprint density at radius 2 is 1.91 bits per heavy atom. The molecule has 0 bridgehead atoms. The molecule has 1 saturated heterocycles. The van der Waals surface area contributed by atoms with Gasteiger partial charge < -0.3 is 16.0 Å². The maximum Gasteiger partial charge on any atom is 0.272 e. The Labute approximate surface area is 181 Å².